The lowest BCUT2D eigenvalue weighted by Gasteiger charge is -2.31. The lowest BCUT2D eigenvalue weighted by molar-refractivity contribution is -0.123. The Morgan fingerprint density at radius 2 is 1.95 bits per heavy atom. The summed E-state index contributed by atoms with van der Waals surface area (Å²) in [4.78, 5) is 25.5. The molecule has 2 amide bonds. The maximum absolute atomic E-state index is 12.3. The zero-order valence-electron chi connectivity index (χ0n) is 11.3. The lowest BCUT2D eigenvalue weighted by Crippen LogP contribution is -2.44. The molecule has 7 heteroatoms. The fourth-order valence-corrected chi connectivity index (χ4v) is 2.85. The van der Waals surface area contributed by atoms with E-state index < -0.39 is 11.7 Å². The summed E-state index contributed by atoms with van der Waals surface area (Å²) >= 11 is 0.439. The summed E-state index contributed by atoms with van der Waals surface area (Å²) in [6, 6.07) is 6.06. The highest BCUT2D eigenvalue weighted by atomic mass is 32.2. The molecule has 1 aromatic carbocycles. The van der Waals surface area contributed by atoms with Crippen molar-refractivity contribution in [2.75, 3.05) is 13.1 Å². The molecule has 114 valence electrons. The van der Waals surface area contributed by atoms with E-state index in [1.165, 1.54) is 24.3 Å². The summed E-state index contributed by atoms with van der Waals surface area (Å²) in [7, 11) is 0. The van der Waals surface area contributed by atoms with Crippen LogP contribution in [-0.4, -0.2) is 35.6 Å². The highest BCUT2D eigenvalue weighted by Gasteiger charge is 2.27. The number of piperidine rings is 1. The number of halogens is 2. The van der Waals surface area contributed by atoms with Crippen molar-refractivity contribution >= 4 is 23.6 Å². The molecule has 0 spiro atoms. The Balaban J connectivity index is 2.03. The molecule has 1 fully saturated rings. The lowest BCUT2D eigenvalue weighted by atomic mass is 9.97. The average molecular weight is 314 g/mol. The minimum Gasteiger partial charge on any atom is -0.369 e. The first-order chi connectivity index (χ1) is 9.97. The predicted molar refractivity (Wildman–Crippen MR) is 76.1 cm³/mol. The van der Waals surface area contributed by atoms with Crippen LogP contribution in [0.5, 0.6) is 0 Å². The number of hydrogen-bond acceptors (Lipinski definition) is 3. The van der Waals surface area contributed by atoms with Crippen LogP contribution in [0.3, 0.4) is 0 Å². The molecular weight excluding hydrogens is 298 g/mol. The Labute approximate surface area is 125 Å². The van der Waals surface area contributed by atoms with Crippen LogP contribution in [0.25, 0.3) is 0 Å². The molecule has 21 heavy (non-hydrogen) atoms. The zero-order chi connectivity index (χ0) is 15.4. The number of carbonyl (C=O) groups is 2. The Bertz CT molecular complexity index is 522. The largest absolute Gasteiger partial charge is 0.369 e. The number of nitrogens with zero attached hydrogens (tertiary/aromatic N) is 1. The zero-order valence-corrected chi connectivity index (χ0v) is 12.1. The molecule has 2 rings (SSSR count). The van der Waals surface area contributed by atoms with Crippen molar-refractivity contribution in [2.45, 2.75) is 23.5 Å². The van der Waals surface area contributed by atoms with E-state index in [1.807, 2.05) is 0 Å². The first-order valence-electron chi connectivity index (χ1n) is 6.61. The van der Waals surface area contributed by atoms with Crippen LogP contribution in [0.2, 0.25) is 0 Å². The van der Waals surface area contributed by atoms with Gasteiger partial charge in [0.05, 0.1) is 5.92 Å². The predicted octanol–water partition coefficient (Wildman–Crippen LogP) is 2.34. The monoisotopic (exact) mass is 314 g/mol. The number of thioether (sulfide) groups is 1. The van der Waals surface area contributed by atoms with Crippen molar-refractivity contribution in [1.29, 1.82) is 0 Å². The van der Waals surface area contributed by atoms with E-state index in [1.54, 1.807) is 4.90 Å². The van der Waals surface area contributed by atoms with Crippen LogP contribution in [0.15, 0.2) is 29.2 Å². The van der Waals surface area contributed by atoms with Gasteiger partial charge in [-0.2, -0.15) is 8.78 Å². The molecule has 1 aromatic rings. The summed E-state index contributed by atoms with van der Waals surface area (Å²) in [6.07, 6.45) is 1.43. The van der Waals surface area contributed by atoms with E-state index >= 15 is 0 Å². The molecule has 0 aromatic heterocycles. The van der Waals surface area contributed by atoms with Crippen molar-refractivity contribution in [3.8, 4) is 0 Å². The van der Waals surface area contributed by atoms with E-state index in [4.69, 9.17) is 5.73 Å². The molecule has 1 heterocycles. The number of carbonyl (C=O) groups excluding carboxylic acids is 2. The average Bonchev–Trinajstić information content (AvgIpc) is 2.47. The first kappa shape index (κ1) is 15.8. The number of benzene rings is 1. The van der Waals surface area contributed by atoms with Crippen molar-refractivity contribution in [2.24, 2.45) is 11.7 Å². The highest BCUT2D eigenvalue weighted by Crippen LogP contribution is 2.26. The number of likely N-dealkylation sites (tertiary alicyclic amines) is 1. The SMILES string of the molecule is NC(=O)C1CCCN(C(=O)c2ccc(SC(F)F)cc2)C1. The van der Waals surface area contributed by atoms with E-state index in [0.717, 1.165) is 6.42 Å². The molecule has 1 unspecified atom stereocenters. The van der Waals surface area contributed by atoms with Crippen LogP contribution in [0.1, 0.15) is 23.2 Å². The summed E-state index contributed by atoms with van der Waals surface area (Å²) in [5, 5.41) is 0. The van der Waals surface area contributed by atoms with Crippen molar-refractivity contribution in [3.63, 3.8) is 0 Å². The standard InChI is InChI=1S/C14H16F2N2O2S/c15-14(16)21-11-5-3-9(4-6-11)13(20)18-7-1-2-10(8-18)12(17)19/h3-6,10,14H,1-2,7-8H2,(H2,17,19). The Hall–Kier alpha value is -1.63. The molecule has 0 bridgehead atoms. The van der Waals surface area contributed by atoms with E-state index in [9.17, 15) is 18.4 Å². The Morgan fingerprint density at radius 3 is 2.52 bits per heavy atom. The molecule has 1 aliphatic heterocycles. The van der Waals surface area contributed by atoms with Gasteiger partial charge in [0.25, 0.3) is 11.7 Å². The number of nitrogens with two attached hydrogens (primary N) is 1. The Morgan fingerprint density at radius 1 is 1.29 bits per heavy atom. The number of alkyl halides is 2. The third-order valence-corrected chi connectivity index (χ3v) is 4.16. The van der Waals surface area contributed by atoms with Crippen molar-refractivity contribution in [3.05, 3.63) is 29.8 Å². The third-order valence-electron chi connectivity index (χ3n) is 3.44. The highest BCUT2D eigenvalue weighted by molar-refractivity contribution is 7.99. The number of primary amides is 1. The first-order valence-corrected chi connectivity index (χ1v) is 7.49. The fraction of sp³-hybridized carbons (Fsp3) is 0.429. The fourth-order valence-electron chi connectivity index (χ4n) is 2.36. The molecule has 1 saturated heterocycles. The van der Waals surface area contributed by atoms with E-state index in [2.05, 4.69) is 0 Å². The van der Waals surface area contributed by atoms with Gasteiger partial charge in [0, 0.05) is 23.5 Å². The quantitative estimate of drug-likeness (QED) is 0.868. The van der Waals surface area contributed by atoms with Gasteiger partial charge in [-0.1, -0.05) is 11.8 Å². The molecule has 0 aliphatic carbocycles. The van der Waals surface area contributed by atoms with Gasteiger partial charge in [-0.15, -0.1) is 0 Å². The van der Waals surface area contributed by atoms with Crippen LogP contribution in [-0.2, 0) is 4.79 Å². The van der Waals surface area contributed by atoms with Gasteiger partial charge in [0.2, 0.25) is 5.91 Å². The molecule has 0 radical (unpaired) electrons. The second kappa shape index (κ2) is 6.89. The number of hydrogen-bond donors (Lipinski definition) is 1. The van der Waals surface area contributed by atoms with Crippen LogP contribution < -0.4 is 5.73 Å². The van der Waals surface area contributed by atoms with E-state index in [0.29, 0.717) is 41.7 Å². The topological polar surface area (TPSA) is 63.4 Å². The van der Waals surface area contributed by atoms with Gasteiger partial charge < -0.3 is 10.6 Å². The molecule has 2 N–H and O–H groups in total. The van der Waals surface area contributed by atoms with Gasteiger partial charge in [0.1, 0.15) is 0 Å². The van der Waals surface area contributed by atoms with Crippen molar-refractivity contribution < 1.29 is 18.4 Å². The molecule has 1 atom stereocenters. The molecule has 0 saturated carbocycles. The van der Waals surface area contributed by atoms with Crippen LogP contribution in [0.4, 0.5) is 8.78 Å². The Kier molecular flexibility index (Phi) is 5.17. The molecule has 4 nitrogen and oxygen atoms in total. The summed E-state index contributed by atoms with van der Waals surface area (Å²) in [5.74, 6) is -3.38. The smallest absolute Gasteiger partial charge is 0.288 e. The van der Waals surface area contributed by atoms with Crippen LogP contribution in [0, 0.1) is 5.92 Å². The van der Waals surface area contributed by atoms with Crippen molar-refractivity contribution in [1.82, 2.24) is 4.90 Å². The van der Waals surface area contributed by atoms with E-state index in [-0.39, 0.29) is 11.8 Å². The number of rotatable bonds is 4. The minimum atomic E-state index is -2.48. The second-order valence-electron chi connectivity index (χ2n) is 4.90. The minimum absolute atomic E-state index is 0.199. The van der Waals surface area contributed by atoms with Gasteiger partial charge >= 0.3 is 0 Å². The maximum Gasteiger partial charge on any atom is 0.288 e. The maximum atomic E-state index is 12.3. The van der Waals surface area contributed by atoms with Gasteiger partial charge in [-0.05, 0) is 37.1 Å². The third kappa shape index (κ3) is 4.17. The normalized spacial score (nSPS) is 18.8. The summed E-state index contributed by atoms with van der Waals surface area (Å²) in [5.41, 5.74) is 5.71. The summed E-state index contributed by atoms with van der Waals surface area (Å²) < 4.78 is 24.5. The van der Waals surface area contributed by atoms with Gasteiger partial charge in [-0.3, -0.25) is 9.59 Å². The number of amides is 2. The van der Waals surface area contributed by atoms with Gasteiger partial charge in [-0.25, -0.2) is 0 Å². The molecular formula is C14H16F2N2O2S. The second-order valence-corrected chi connectivity index (χ2v) is 5.96. The summed E-state index contributed by atoms with van der Waals surface area (Å²) in [6.45, 7) is 0.901. The molecule has 1 aliphatic rings. The van der Waals surface area contributed by atoms with Crippen LogP contribution >= 0.6 is 11.8 Å². The van der Waals surface area contributed by atoms with Gasteiger partial charge in [0.15, 0.2) is 0 Å².